The highest BCUT2D eigenvalue weighted by Gasteiger charge is 2.02. The number of hydrogen-bond donors (Lipinski definition) is 0. The van der Waals surface area contributed by atoms with Gasteiger partial charge in [-0.15, -0.1) is 0 Å². The van der Waals surface area contributed by atoms with Crippen molar-refractivity contribution in [1.82, 2.24) is 0 Å². The maximum absolute atomic E-state index is 11.3. The van der Waals surface area contributed by atoms with E-state index in [1.165, 1.54) is 62.0 Å². The first-order valence-electron chi connectivity index (χ1n) is 5.60. The van der Waals surface area contributed by atoms with Crippen LogP contribution in [0, 0.1) is 0 Å². The lowest BCUT2D eigenvalue weighted by Crippen LogP contribution is -1.88. The Morgan fingerprint density at radius 3 is 1.64 bits per heavy atom. The highest BCUT2D eigenvalue weighted by molar-refractivity contribution is 8.38. The predicted octanol–water partition coefficient (Wildman–Crippen LogP) is 4.95. The zero-order chi connectivity index (χ0) is 10.6. The molecule has 0 atom stereocenters. The van der Waals surface area contributed by atoms with Gasteiger partial charge in [-0.2, -0.15) is 0 Å². The van der Waals surface area contributed by atoms with Crippen molar-refractivity contribution in [3.8, 4) is 0 Å². The quantitative estimate of drug-likeness (QED) is 0.553. The van der Waals surface area contributed by atoms with Crippen LogP contribution in [-0.4, -0.2) is 16.0 Å². The van der Waals surface area contributed by atoms with Crippen molar-refractivity contribution < 1.29 is 4.79 Å². The minimum atomic E-state index is 0.317. The van der Waals surface area contributed by atoms with Gasteiger partial charge in [-0.25, -0.2) is 0 Å². The summed E-state index contributed by atoms with van der Waals surface area (Å²) in [6, 6.07) is 0. The second-order valence-corrected chi connectivity index (χ2v) is 5.75. The Hall–Kier alpha value is 0.370. The van der Waals surface area contributed by atoms with Crippen molar-refractivity contribution in [2.24, 2.45) is 0 Å². The largest absolute Gasteiger partial charge is 0.274 e. The summed E-state index contributed by atoms with van der Waals surface area (Å²) in [6.07, 6.45) is 7.34. The van der Waals surface area contributed by atoms with Gasteiger partial charge in [0.15, 0.2) is 0 Å². The molecule has 0 unspecified atom stereocenters. The van der Waals surface area contributed by atoms with Crippen LogP contribution in [0.3, 0.4) is 0 Å². The Kier molecular flexibility index (Phi) is 11.7. The number of unbranched alkanes of at least 4 members (excludes halogenated alkanes) is 4. The lowest BCUT2D eigenvalue weighted by atomic mass is 10.3. The van der Waals surface area contributed by atoms with Crippen molar-refractivity contribution in [3.05, 3.63) is 0 Å². The fourth-order valence-corrected chi connectivity index (χ4v) is 2.92. The molecule has 14 heavy (non-hydrogen) atoms. The minimum absolute atomic E-state index is 0.317. The summed E-state index contributed by atoms with van der Waals surface area (Å²) < 4.78 is 0.317. The van der Waals surface area contributed by atoms with Gasteiger partial charge in [-0.05, 0) is 12.8 Å². The molecule has 0 spiro atoms. The lowest BCUT2D eigenvalue weighted by molar-refractivity contribution is 0.276. The van der Waals surface area contributed by atoms with E-state index in [0.717, 1.165) is 11.5 Å². The highest BCUT2D eigenvalue weighted by Crippen LogP contribution is 2.19. The second-order valence-electron chi connectivity index (χ2n) is 3.36. The van der Waals surface area contributed by atoms with E-state index in [1.807, 2.05) is 0 Å². The summed E-state index contributed by atoms with van der Waals surface area (Å²) in [5, 5.41) is 0. The molecule has 0 radical (unpaired) electrons. The fourth-order valence-electron chi connectivity index (χ4n) is 1.06. The lowest BCUT2D eigenvalue weighted by Gasteiger charge is -1.99. The maximum Gasteiger partial charge on any atom is 0.246 e. The molecular weight excluding hydrogens is 212 g/mol. The minimum Gasteiger partial charge on any atom is -0.274 e. The summed E-state index contributed by atoms with van der Waals surface area (Å²) in [5.41, 5.74) is 0. The SMILES string of the molecule is CCCCCSC(=O)SCCCCC. The zero-order valence-electron chi connectivity index (χ0n) is 9.38. The molecule has 0 aliphatic heterocycles. The highest BCUT2D eigenvalue weighted by atomic mass is 32.2. The van der Waals surface area contributed by atoms with Crippen molar-refractivity contribution in [2.45, 2.75) is 52.4 Å². The molecule has 0 heterocycles. The zero-order valence-corrected chi connectivity index (χ0v) is 11.0. The van der Waals surface area contributed by atoms with Gasteiger partial charge in [-0.1, -0.05) is 63.1 Å². The topological polar surface area (TPSA) is 17.1 Å². The van der Waals surface area contributed by atoms with Crippen molar-refractivity contribution in [1.29, 1.82) is 0 Å². The van der Waals surface area contributed by atoms with Crippen molar-refractivity contribution in [3.63, 3.8) is 0 Å². The summed E-state index contributed by atoms with van der Waals surface area (Å²) >= 11 is 3.00. The van der Waals surface area contributed by atoms with Gasteiger partial charge in [0.25, 0.3) is 0 Å². The van der Waals surface area contributed by atoms with Crippen LogP contribution in [-0.2, 0) is 0 Å². The molecule has 3 heteroatoms. The molecule has 0 aliphatic rings. The molecule has 0 aromatic rings. The molecule has 0 amide bonds. The molecule has 84 valence electrons. The average molecular weight is 234 g/mol. The number of rotatable bonds is 8. The van der Waals surface area contributed by atoms with Gasteiger partial charge in [0, 0.05) is 11.5 Å². The van der Waals surface area contributed by atoms with Crippen LogP contribution in [0.15, 0.2) is 0 Å². The standard InChI is InChI=1S/C11H22OS2/c1-3-5-7-9-13-11(12)14-10-8-6-4-2/h3-10H2,1-2H3. The van der Waals surface area contributed by atoms with E-state index in [-0.39, 0.29) is 0 Å². The fraction of sp³-hybridized carbons (Fsp3) is 0.909. The van der Waals surface area contributed by atoms with E-state index < -0.39 is 0 Å². The van der Waals surface area contributed by atoms with Crippen LogP contribution in [0.2, 0.25) is 0 Å². The Balaban J connectivity index is 3.11. The average Bonchev–Trinajstić information content (AvgIpc) is 2.19. The van der Waals surface area contributed by atoms with Gasteiger partial charge < -0.3 is 0 Å². The molecule has 0 N–H and O–H groups in total. The van der Waals surface area contributed by atoms with Gasteiger partial charge in [0.05, 0.1) is 0 Å². The Morgan fingerprint density at radius 1 is 0.857 bits per heavy atom. The molecule has 0 aromatic carbocycles. The molecule has 0 fully saturated rings. The normalized spacial score (nSPS) is 10.4. The first-order chi connectivity index (χ1) is 6.81. The maximum atomic E-state index is 11.3. The molecule has 0 rings (SSSR count). The van der Waals surface area contributed by atoms with E-state index >= 15 is 0 Å². The van der Waals surface area contributed by atoms with Crippen LogP contribution < -0.4 is 0 Å². The van der Waals surface area contributed by atoms with Crippen LogP contribution in [0.5, 0.6) is 0 Å². The van der Waals surface area contributed by atoms with Gasteiger partial charge in [0.1, 0.15) is 0 Å². The summed E-state index contributed by atoms with van der Waals surface area (Å²) in [5.74, 6) is 2.01. The van der Waals surface area contributed by atoms with Crippen LogP contribution in [0.1, 0.15) is 52.4 Å². The molecule has 0 saturated carbocycles. The van der Waals surface area contributed by atoms with E-state index in [9.17, 15) is 4.79 Å². The Bertz CT molecular complexity index is 123. The van der Waals surface area contributed by atoms with Gasteiger partial charge in [0.2, 0.25) is 4.45 Å². The van der Waals surface area contributed by atoms with Crippen LogP contribution in [0.4, 0.5) is 4.79 Å². The predicted molar refractivity (Wildman–Crippen MR) is 69.4 cm³/mol. The second kappa shape index (κ2) is 11.4. The Labute approximate surface area is 96.8 Å². The van der Waals surface area contributed by atoms with Gasteiger partial charge in [-0.3, -0.25) is 4.79 Å². The first kappa shape index (κ1) is 14.4. The number of hydrogen-bond acceptors (Lipinski definition) is 3. The number of carbonyl (C=O) groups is 1. The molecular formula is C11H22OS2. The van der Waals surface area contributed by atoms with Crippen molar-refractivity contribution >= 4 is 28.0 Å². The van der Waals surface area contributed by atoms with Crippen molar-refractivity contribution in [2.75, 3.05) is 11.5 Å². The van der Waals surface area contributed by atoms with Crippen LogP contribution >= 0.6 is 23.5 Å². The van der Waals surface area contributed by atoms with E-state index in [2.05, 4.69) is 13.8 Å². The third-order valence-corrected chi connectivity index (χ3v) is 4.10. The third kappa shape index (κ3) is 10.5. The number of thioether (sulfide) groups is 2. The third-order valence-electron chi connectivity index (χ3n) is 1.94. The summed E-state index contributed by atoms with van der Waals surface area (Å²) in [7, 11) is 0. The van der Waals surface area contributed by atoms with Crippen LogP contribution in [0.25, 0.3) is 0 Å². The summed E-state index contributed by atoms with van der Waals surface area (Å²) in [6.45, 7) is 4.37. The molecule has 0 aliphatic carbocycles. The smallest absolute Gasteiger partial charge is 0.246 e. The number of carbonyl (C=O) groups excluding carboxylic acids is 1. The van der Waals surface area contributed by atoms with E-state index in [0.29, 0.717) is 4.45 Å². The van der Waals surface area contributed by atoms with Gasteiger partial charge >= 0.3 is 0 Å². The Morgan fingerprint density at radius 2 is 1.29 bits per heavy atom. The first-order valence-corrected chi connectivity index (χ1v) is 7.58. The van der Waals surface area contributed by atoms with E-state index in [4.69, 9.17) is 0 Å². The molecule has 1 nitrogen and oxygen atoms in total. The monoisotopic (exact) mass is 234 g/mol. The molecule has 0 aromatic heterocycles. The molecule has 0 bridgehead atoms. The summed E-state index contributed by atoms with van der Waals surface area (Å²) in [4.78, 5) is 11.3. The molecule has 0 saturated heterocycles. The van der Waals surface area contributed by atoms with E-state index in [1.54, 1.807) is 0 Å².